The van der Waals surface area contributed by atoms with Gasteiger partial charge in [-0.1, -0.05) is 13.8 Å². The lowest BCUT2D eigenvalue weighted by atomic mass is 10.0. The number of hydrogen-bond donors (Lipinski definition) is 1. The predicted octanol–water partition coefficient (Wildman–Crippen LogP) is 0.641. The van der Waals surface area contributed by atoms with Gasteiger partial charge in [0.1, 0.15) is 0 Å². The lowest BCUT2D eigenvalue weighted by Crippen LogP contribution is -2.50. The zero-order valence-electron chi connectivity index (χ0n) is 9.74. The Morgan fingerprint density at radius 1 is 1.14 bits per heavy atom. The van der Waals surface area contributed by atoms with E-state index in [0.717, 1.165) is 32.6 Å². The van der Waals surface area contributed by atoms with Crippen molar-refractivity contribution in [2.45, 2.75) is 26.3 Å². The molecule has 1 saturated heterocycles. The number of rotatable bonds is 4. The Labute approximate surface area is 87.7 Å². The van der Waals surface area contributed by atoms with Crippen LogP contribution in [-0.4, -0.2) is 60.8 Å². The highest BCUT2D eigenvalue weighted by atomic mass is 16.3. The fraction of sp³-hybridized carbons (Fsp3) is 1.00. The Morgan fingerprint density at radius 3 is 2.14 bits per heavy atom. The van der Waals surface area contributed by atoms with Gasteiger partial charge in [0.05, 0.1) is 6.61 Å². The molecule has 0 saturated carbocycles. The van der Waals surface area contributed by atoms with Crippen LogP contribution in [-0.2, 0) is 0 Å². The Bertz CT molecular complexity index is 153. The molecule has 1 rings (SSSR count). The maximum atomic E-state index is 9.34. The highest BCUT2D eigenvalue weighted by Crippen LogP contribution is 2.13. The average molecular weight is 200 g/mol. The van der Waals surface area contributed by atoms with Crippen LogP contribution in [0.5, 0.6) is 0 Å². The molecule has 3 nitrogen and oxygen atoms in total. The summed E-state index contributed by atoms with van der Waals surface area (Å²) < 4.78 is 0. The van der Waals surface area contributed by atoms with Crippen LogP contribution in [0.4, 0.5) is 0 Å². The zero-order valence-corrected chi connectivity index (χ0v) is 9.74. The second kappa shape index (κ2) is 5.69. The molecule has 1 aliphatic rings. The van der Waals surface area contributed by atoms with Gasteiger partial charge in [-0.2, -0.15) is 0 Å². The third kappa shape index (κ3) is 3.56. The summed E-state index contributed by atoms with van der Waals surface area (Å²) in [6.07, 6.45) is 1.11. The number of piperazine rings is 1. The van der Waals surface area contributed by atoms with Gasteiger partial charge in [-0.25, -0.2) is 0 Å². The topological polar surface area (TPSA) is 26.7 Å². The van der Waals surface area contributed by atoms with Gasteiger partial charge < -0.3 is 10.0 Å². The molecular weight excluding hydrogens is 176 g/mol. The standard InChI is InChI=1S/C11H24N2O/c1-10(2)8-11(9-14)13-6-4-12(3)5-7-13/h10-11,14H,4-9H2,1-3H3. The monoisotopic (exact) mass is 200 g/mol. The molecule has 1 atom stereocenters. The molecule has 3 heteroatoms. The molecule has 0 amide bonds. The molecular formula is C11H24N2O. The SMILES string of the molecule is CC(C)CC(CO)N1CCN(C)CC1. The second-order valence-electron chi connectivity index (χ2n) is 4.81. The minimum atomic E-state index is 0.307. The number of aliphatic hydroxyl groups is 1. The highest BCUT2D eigenvalue weighted by Gasteiger charge is 2.22. The maximum absolute atomic E-state index is 9.34. The van der Waals surface area contributed by atoms with Crippen molar-refractivity contribution >= 4 is 0 Å². The van der Waals surface area contributed by atoms with Gasteiger partial charge in [0, 0.05) is 32.2 Å². The van der Waals surface area contributed by atoms with Crippen molar-refractivity contribution in [2.75, 3.05) is 39.8 Å². The molecule has 0 aromatic carbocycles. The van der Waals surface area contributed by atoms with Gasteiger partial charge in [0.25, 0.3) is 0 Å². The third-order valence-electron chi connectivity index (χ3n) is 3.01. The minimum Gasteiger partial charge on any atom is -0.395 e. The molecule has 14 heavy (non-hydrogen) atoms. The summed E-state index contributed by atoms with van der Waals surface area (Å²) >= 11 is 0. The van der Waals surface area contributed by atoms with E-state index in [9.17, 15) is 5.11 Å². The second-order valence-corrected chi connectivity index (χ2v) is 4.81. The molecule has 1 fully saturated rings. The van der Waals surface area contributed by atoms with E-state index in [-0.39, 0.29) is 0 Å². The Hall–Kier alpha value is -0.120. The summed E-state index contributed by atoms with van der Waals surface area (Å²) in [4.78, 5) is 4.78. The van der Waals surface area contributed by atoms with Crippen LogP contribution in [0.25, 0.3) is 0 Å². The number of aliphatic hydroxyl groups excluding tert-OH is 1. The third-order valence-corrected chi connectivity index (χ3v) is 3.01. The van der Waals surface area contributed by atoms with Gasteiger partial charge in [-0.05, 0) is 19.4 Å². The largest absolute Gasteiger partial charge is 0.395 e. The van der Waals surface area contributed by atoms with Crippen LogP contribution in [0, 0.1) is 5.92 Å². The summed E-state index contributed by atoms with van der Waals surface area (Å²) in [5, 5.41) is 9.34. The molecule has 0 spiro atoms. The zero-order chi connectivity index (χ0) is 10.6. The summed E-state index contributed by atoms with van der Waals surface area (Å²) in [5.74, 6) is 0.673. The van der Waals surface area contributed by atoms with Gasteiger partial charge in [0.15, 0.2) is 0 Å². The predicted molar refractivity (Wildman–Crippen MR) is 59.4 cm³/mol. The van der Waals surface area contributed by atoms with E-state index < -0.39 is 0 Å². The first-order valence-corrected chi connectivity index (χ1v) is 5.67. The van der Waals surface area contributed by atoms with Crippen LogP contribution in [0.2, 0.25) is 0 Å². The van der Waals surface area contributed by atoms with Crippen LogP contribution < -0.4 is 0 Å². The molecule has 1 heterocycles. The fourth-order valence-electron chi connectivity index (χ4n) is 2.07. The van der Waals surface area contributed by atoms with Crippen molar-refractivity contribution in [1.29, 1.82) is 0 Å². The number of nitrogens with zero attached hydrogens (tertiary/aromatic N) is 2. The molecule has 0 aromatic heterocycles. The number of likely N-dealkylation sites (N-methyl/N-ethyl adjacent to an activating group) is 1. The van der Waals surface area contributed by atoms with E-state index in [4.69, 9.17) is 0 Å². The molecule has 84 valence electrons. The van der Waals surface area contributed by atoms with Crippen molar-refractivity contribution in [2.24, 2.45) is 5.92 Å². The van der Waals surface area contributed by atoms with Crippen molar-refractivity contribution in [3.8, 4) is 0 Å². The highest BCUT2D eigenvalue weighted by molar-refractivity contribution is 4.77. The van der Waals surface area contributed by atoms with Crippen LogP contribution in [0.15, 0.2) is 0 Å². The first kappa shape index (κ1) is 12.0. The van der Waals surface area contributed by atoms with Crippen LogP contribution >= 0.6 is 0 Å². The molecule has 0 radical (unpaired) electrons. The van der Waals surface area contributed by atoms with Crippen molar-refractivity contribution in [3.05, 3.63) is 0 Å². The Kier molecular flexibility index (Phi) is 4.85. The smallest absolute Gasteiger partial charge is 0.0586 e. The summed E-state index contributed by atoms with van der Waals surface area (Å²) in [7, 11) is 2.16. The maximum Gasteiger partial charge on any atom is 0.0586 e. The first-order chi connectivity index (χ1) is 6.63. The van der Waals surface area contributed by atoms with Gasteiger partial charge >= 0.3 is 0 Å². The van der Waals surface area contributed by atoms with Crippen molar-refractivity contribution < 1.29 is 5.11 Å². The summed E-state index contributed by atoms with van der Waals surface area (Å²) in [5.41, 5.74) is 0. The van der Waals surface area contributed by atoms with Gasteiger partial charge in [-0.15, -0.1) is 0 Å². The summed E-state index contributed by atoms with van der Waals surface area (Å²) in [6.45, 7) is 9.23. The first-order valence-electron chi connectivity index (χ1n) is 5.67. The van der Waals surface area contributed by atoms with E-state index in [1.807, 2.05) is 0 Å². The van der Waals surface area contributed by atoms with E-state index in [1.165, 1.54) is 0 Å². The van der Waals surface area contributed by atoms with Gasteiger partial charge in [-0.3, -0.25) is 4.90 Å². The summed E-state index contributed by atoms with van der Waals surface area (Å²) in [6, 6.07) is 0.378. The molecule has 0 aromatic rings. The normalized spacial score (nSPS) is 22.9. The Balaban J connectivity index is 2.36. The molecule has 0 aliphatic carbocycles. The lowest BCUT2D eigenvalue weighted by molar-refractivity contribution is 0.0643. The molecule has 1 N–H and O–H groups in total. The van der Waals surface area contributed by atoms with E-state index in [0.29, 0.717) is 18.6 Å². The minimum absolute atomic E-state index is 0.307. The Morgan fingerprint density at radius 2 is 1.71 bits per heavy atom. The molecule has 1 aliphatic heterocycles. The quantitative estimate of drug-likeness (QED) is 0.721. The molecule has 1 unspecified atom stereocenters. The lowest BCUT2D eigenvalue weighted by Gasteiger charge is -2.37. The van der Waals surface area contributed by atoms with E-state index in [1.54, 1.807) is 0 Å². The fourth-order valence-corrected chi connectivity index (χ4v) is 2.07. The van der Waals surface area contributed by atoms with Gasteiger partial charge in [0.2, 0.25) is 0 Å². The average Bonchev–Trinajstić information content (AvgIpc) is 2.15. The van der Waals surface area contributed by atoms with Crippen molar-refractivity contribution in [3.63, 3.8) is 0 Å². The van der Waals surface area contributed by atoms with E-state index >= 15 is 0 Å². The molecule has 0 bridgehead atoms. The van der Waals surface area contributed by atoms with E-state index in [2.05, 4.69) is 30.7 Å². The van der Waals surface area contributed by atoms with Crippen LogP contribution in [0.1, 0.15) is 20.3 Å². The van der Waals surface area contributed by atoms with Crippen molar-refractivity contribution in [1.82, 2.24) is 9.80 Å². The van der Waals surface area contributed by atoms with Crippen LogP contribution in [0.3, 0.4) is 0 Å². The number of hydrogen-bond acceptors (Lipinski definition) is 3.